The van der Waals surface area contributed by atoms with Crippen molar-refractivity contribution in [2.45, 2.75) is 91.6 Å². The van der Waals surface area contributed by atoms with Crippen LogP contribution in [-0.2, 0) is 19.1 Å². The van der Waals surface area contributed by atoms with Crippen LogP contribution in [-0.4, -0.2) is 24.6 Å². The van der Waals surface area contributed by atoms with Crippen LogP contribution in [0.3, 0.4) is 0 Å². The zero-order valence-corrected chi connectivity index (χ0v) is 18.7. The molecule has 0 aromatic rings. The first-order valence-corrected chi connectivity index (χ1v) is 11.9. The Morgan fingerprint density at radius 3 is 2.59 bits per heavy atom. The Bertz CT molecular complexity index is 697. The molecular formula is C25H38O4. The molecule has 3 saturated carbocycles. The van der Waals surface area contributed by atoms with Crippen LogP contribution in [0.25, 0.3) is 0 Å². The molecule has 4 aliphatic carbocycles. The van der Waals surface area contributed by atoms with Gasteiger partial charge in [0.25, 0.3) is 0 Å². The maximum absolute atomic E-state index is 12.3. The van der Waals surface area contributed by atoms with E-state index in [0.717, 1.165) is 38.5 Å². The number of rotatable bonds is 4. The molecular weight excluding hydrogens is 364 g/mol. The lowest BCUT2D eigenvalue weighted by molar-refractivity contribution is -0.159. The van der Waals surface area contributed by atoms with E-state index in [1.807, 2.05) is 13.8 Å². The molecule has 0 saturated heterocycles. The average molecular weight is 403 g/mol. The fourth-order valence-corrected chi connectivity index (χ4v) is 7.51. The molecule has 0 spiro atoms. The van der Waals surface area contributed by atoms with Gasteiger partial charge in [-0.3, -0.25) is 9.59 Å². The lowest BCUT2D eigenvalue weighted by Gasteiger charge is -2.57. The van der Waals surface area contributed by atoms with Gasteiger partial charge in [-0.1, -0.05) is 32.4 Å². The van der Waals surface area contributed by atoms with Crippen LogP contribution in [0.5, 0.6) is 0 Å². The smallest absolute Gasteiger partial charge is 0.309 e. The van der Waals surface area contributed by atoms with Crippen molar-refractivity contribution in [3.8, 4) is 0 Å². The third-order valence-electron chi connectivity index (χ3n) is 9.20. The van der Waals surface area contributed by atoms with E-state index >= 15 is 0 Å². The zero-order chi connectivity index (χ0) is 20.8. The minimum atomic E-state index is -0.0472. The first-order chi connectivity index (χ1) is 13.8. The summed E-state index contributed by atoms with van der Waals surface area (Å²) in [7, 11) is 0. The van der Waals surface area contributed by atoms with Gasteiger partial charge >= 0.3 is 11.9 Å². The molecule has 0 radical (unpaired) electrons. The van der Waals surface area contributed by atoms with Gasteiger partial charge in [0.1, 0.15) is 6.10 Å². The Hall–Kier alpha value is -1.32. The SMILES string of the molecule is CCOC(=O)C1CC[C@@]2(C)C(=CCC3C4CCC(OC(=O)CC)[C@@]4(C)CCC32)C1. The lowest BCUT2D eigenvalue weighted by atomic mass is 9.47. The van der Waals surface area contributed by atoms with Gasteiger partial charge in [0, 0.05) is 11.8 Å². The van der Waals surface area contributed by atoms with Gasteiger partial charge in [0.15, 0.2) is 0 Å². The number of hydrogen-bond donors (Lipinski definition) is 0. The molecule has 0 bridgehead atoms. The number of esters is 2. The summed E-state index contributed by atoms with van der Waals surface area (Å²) in [5.74, 6) is 2.02. The van der Waals surface area contributed by atoms with Crippen LogP contribution >= 0.6 is 0 Å². The standard InChI is InChI=1S/C25H38O4/c1-5-22(26)29-21-10-9-19-18-8-7-17-15-16(23(27)28-6-2)11-13-24(17,3)20(18)12-14-25(19,21)4/h7,16,18-21H,5-6,8-15H2,1-4H3/t16?,18?,19?,20?,21?,24-,25-/m0/s1. The van der Waals surface area contributed by atoms with Crippen molar-refractivity contribution in [3.05, 3.63) is 11.6 Å². The number of ether oxygens (including phenoxy) is 2. The van der Waals surface area contributed by atoms with Gasteiger partial charge in [-0.2, -0.15) is 0 Å². The van der Waals surface area contributed by atoms with Gasteiger partial charge in [-0.25, -0.2) is 0 Å². The van der Waals surface area contributed by atoms with E-state index in [2.05, 4.69) is 19.9 Å². The topological polar surface area (TPSA) is 52.6 Å². The fourth-order valence-electron chi connectivity index (χ4n) is 7.51. The molecule has 162 valence electrons. The van der Waals surface area contributed by atoms with Crippen LogP contribution < -0.4 is 0 Å². The predicted molar refractivity (Wildman–Crippen MR) is 112 cm³/mol. The van der Waals surface area contributed by atoms with E-state index < -0.39 is 0 Å². The Labute approximate surface area is 175 Å². The highest BCUT2D eigenvalue weighted by Gasteiger charge is 2.59. The second-order valence-corrected chi connectivity index (χ2v) is 10.4. The highest BCUT2D eigenvalue weighted by atomic mass is 16.5. The molecule has 0 aliphatic heterocycles. The third kappa shape index (κ3) is 3.35. The number of allylic oxidation sites excluding steroid dienone is 2. The second-order valence-electron chi connectivity index (χ2n) is 10.4. The summed E-state index contributed by atoms with van der Waals surface area (Å²) in [5.41, 5.74) is 1.87. The van der Waals surface area contributed by atoms with E-state index in [4.69, 9.17) is 9.47 Å². The molecule has 4 rings (SSSR count). The van der Waals surface area contributed by atoms with Crippen molar-refractivity contribution >= 4 is 11.9 Å². The minimum Gasteiger partial charge on any atom is -0.466 e. The largest absolute Gasteiger partial charge is 0.466 e. The molecule has 0 heterocycles. The van der Waals surface area contributed by atoms with Gasteiger partial charge in [0.2, 0.25) is 0 Å². The van der Waals surface area contributed by atoms with Crippen LogP contribution in [0.4, 0.5) is 0 Å². The van der Waals surface area contributed by atoms with Crippen molar-refractivity contribution in [1.82, 2.24) is 0 Å². The fraction of sp³-hybridized carbons (Fsp3) is 0.840. The Morgan fingerprint density at radius 2 is 1.86 bits per heavy atom. The monoisotopic (exact) mass is 402 g/mol. The van der Waals surface area contributed by atoms with Crippen molar-refractivity contribution in [2.75, 3.05) is 6.61 Å². The Kier molecular flexibility index (Phi) is 5.59. The molecule has 4 nitrogen and oxygen atoms in total. The maximum Gasteiger partial charge on any atom is 0.309 e. The Morgan fingerprint density at radius 1 is 1.07 bits per heavy atom. The summed E-state index contributed by atoms with van der Waals surface area (Å²) < 4.78 is 11.2. The summed E-state index contributed by atoms with van der Waals surface area (Å²) in [6.07, 6.45) is 11.7. The van der Waals surface area contributed by atoms with Crippen molar-refractivity contribution in [3.63, 3.8) is 0 Å². The van der Waals surface area contributed by atoms with Gasteiger partial charge in [0.05, 0.1) is 12.5 Å². The van der Waals surface area contributed by atoms with E-state index in [-0.39, 0.29) is 34.8 Å². The predicted octanol–water partition coefficient (Wildman–Crippen LogP) is 5.45. The van der Waals surface area contributed by atoms with Gasteiger partial charge in [-0.15, -0.1) is 0 Å². The molecule has 4 aliphatic rings. The van der Waals surface area contributed by atoms with Gasteiger partial charge in [-0.05, 0) is 81.5 Å². The first-order valence-electron chi connectivity index (χ1n) is 11.9. The lowest BCUT2D eigenvalue weighted by Crippen LogP contribution is -2.51. The Balaban J connectivity index is 1.53. The molecule has 0 amide bonds. The molecule has 0 N–H and O–H groups in total. The summed E-state index contributed by atoms with van der Waals surface area (Å²) in [6.45, 7) is 9.09. The molecule has 0 aromatic heterocycles. The molecule has 5 unspecified atom stereocenters. The average Bonchev–Trinajstić information content (AvgIpc) is 3.03. The molecule has 3 fully saturated rings. The normalized spacial score (nSPS) is 43.4. The maximum atomic E-state index is 12.3. The van der Waals surface area contributed by atoms with Gasteiger partial charge < -0.3 is 9.47 Å². The second kappa shape index (κ2) is 7.74. The number of fused-ring (bicyclic) bond motifs is 5. The molecule has 29 heavy (non-hydrogen) atoms. The first kappa shape index (κ1) is 20.9. The van der Waals surface area contributed by atoms with Crippen LogP contribution in [0.15, 0.2) is 11.6 Å². The van der Waals surface area contributed by atoms with E-state index in [0.29, 0.717) is 30.8 Å². The van der Waals surface area contributed by atoms with Crippen molar-refractivity contribution < 1.29 is 19.1 Å². The zero-order valence-electron chi connectivity index (χ0n) is 18.7. The minimum absolute atomic E-state index is 0.00910. The number of carbonyl (C=O) groups excluding carboxylic acids is 2. The van der Waals surface area contributed by atoms with E-state index in [1.165, 1.54) is 18.4 Å². The van der Waals surface area contributed by atoms with Crippen LogP contribution in [0.2, 0.25) is 0 Å². The van der Waals surface area contributed by atoms with Crippen molar-refractivity contribution in [1.29, 1.82) is 0 Å². The number of carbonyl (C=O) groups is 2. The number of hydrogen-bond acceptors (Lipinski definition) is 4. The third-order valence-corrected chi connectivity index (χ3v) is 9.20. The summed E-state index contributed by atoms with van der Waals surface area (Å²) >= 11 is 0. The molecule has 4 heteroatoms. The highest BCUT2D eigenvalue weighted by molar-refractivity contribution is 5.73. The summed E-state index contributed by atoms with van der Waals surface area (Å²) in [5, 5.41) is 0. The quantitative estimate of drug-likeness (QED) is 0.463. The van der Waals surface area contributed by atoms with Crippen LogP contribution in [0.1, 0.15) is 85.5 Å². The van der Waals surface area contributed by atoms with Crippen LogP contribution in [0, 0.1) is 34.5 Å². The molecule has 7 atom stereocenters. The summed E-state index contributed by atoms with van der Waals surface area (Å²) in [4.78, 5) is 24.3. The van der Waals surface area contributed by atoms with E-state index in [9.17, 15) is 9.59 Å². The van der Waals surface area contributed by atoms with Crippen molar-refractivity contribution in [2.24, 2.45) is 34.5 Å². The summed E-state index contributed by atoms with van der Waals surface area (Å²) in [6, 6.07) is 0. The van der Waals surface area contributed by atoms with E-state index in [1.54, 1.807) is 0 Å². The molecule has 0 aromatic carbocycles. The highest BCUT2D eigenvalue weighted by Crippen LogP contribution is 2.65.